The average Bonchev–Trinajstić information content (AvgIpc) is 3.15. The number of carbonyl (C=O) groups is 3. The largest absolute Gasteiger partial charge is 0.476 e. The molecule has 3 rings (SSSR count). The van der Waals surface area contributed by atoms with Crippen molar-refractivity contribution in [1.82, 2.24) is 19.7 Å². The minimum atomic E-state index is -1.10. The molecular weight excluding hydrogens is 340 g/mol. The van der Waals surface area contributed by atoms with Gasteiger partial charge in [-0.05, 0) is 32.4 Å². The number of fused-ring (bicyclic) bond motifs is 1. The molecule has 9 heteroatoms. The molecule has 9 nitrogen and oxygen atoms in total. The van der Waals surface area contributed by atoms with E-state index in [2.05, 4.69) is 10.1 Å². The summed E-state index contributed by atoms with van der Waals surface area (Å²) in [5.41, 5.74) is 2.51. The second kappa shape index (κ2) is 6.66. The van der Waals surface area contributed by atoms with Crippen molar-refractivity contribution in [1.29, 1.82) is 0 Å². The summed E-state index contributed by atoms with van der Waals surface area (Å²) in [5, 5.41) is 13.1. The number of aromatic nitrogens is 3. The monoisotopic (exact) mass is 360 g/mol. The van der Waals surface area contributed by atoms with Gasteiger partial charge in [0.2, 0.25) is 0 Å². The molecule has 1 aliphatic rings. The van der Waals surface area contributed by atoms with Crippen molar-refractivity contribution in [2.24, 2.45) is 0 Å². The van der Waals surface area contributed by atoms with Crippen molar-refractivity contribution < 1.29 is 24.2 Å². The summed E-state index contributed by atoms with van der Waals surface area (Å²) in [5.74, 6) is -1.80. The number of H-pyrrole nitrogens is 1. The minimum absolute atomic E-state index is 0.0344. The van der Waals surface area contributed by atoms with Gasteiger partial charge >= 0.3 is 11.9 Å². The maximum Gasteiger partial charge on any atom is 0.356 e. The molecule has 138 valence electrons. The van der Waals surface area contributed by atoms with E-state index in [4.69, 9.17) is 9.84 Å². The lowest BCUT2D eigenvalue weighted by Crippen LogP contribution is -2.38. The van der Waals surface area contributed by atoms with Crippen LogP contribution >= 0.6 is 0 Å². The minimum Gasteiger partial charge on any atom is -0.476 e. The van der Waals surface area contributed by atoms with Crippen molar-refractivity contribution in [2.75, 3.05) is 13.2 Å². The lowest BCUT2D eigenvalue weighted by atomic mass is 10.1. The Bertz CT molecular complexity index is 895. The van der Waals surface area contributed by atoms with E-state index in [1.54, 1.807) is 30.4 Å². The Labute approximate surface area is 149 Å². The third-order valence-corrected chi connectivity index (χ3v) is 4.44. The van der Waals surface area contributed by atoms with Gasteiger partial charge in [-0.2, -0.15) is 5.10 Å². The molecule has 0 fully saturated rings. The van der Waals surface area contributed by atoms with E-state index in [0.717, 1.165) is 0 Å². The molecule has 0 atom stereocenters. The maximum atomic E-state index is 13.0. The molecule has 1 amide bonds. The number of amides is 1. The van der Waals surface area contributed by atoms with Gasteiger partial charge in [0.1, 0.15) is 5.69 Å². The lowest BCUT2D eigenvalue weighted by molar-refractivity contribution is 0.0518. The number of rotatable bonds is 4. The Hall–Kier alpha value is -3.10. The Kier molecular flexibility index (Phi) is 4.54. The molecule has 2 aromatic rings. The highest BCUT2D eigenvalue weighted by molar-refractivity contribution is 6.01. The fraction of sp³-hybridized carbons (Fsp3) is 0.412. The van der Waals surface area contributed by atoms with Gasteiger partial charge in [-0.3, -0.25) is 9.48 Å². The molecule has 3 heterocycles. The molecule has 0 saturated heterocycles. The quantitative estimate of drug-likeness (QED) is 0.795. The average molecular weight is 360 g/mol. The van der Waals surface area contributed by atoms with Crippen molar-refractivity contribution in [3.8, 4) is 0 Å². The molecule has 26 heavy (non-hydrogen) atoms. The van der Waals surface area contributed by atoms with E-state index < -0.39 is 11.9 Å². The molecule has 0 saturated carbocycles. The summed E-state index contributed by atoms with van der Waals surface area (Å²) in [6, 6.07) is 1.47. The Morgan fingerprint density at radius 2 is 2.04 bits per heavy atom. The number of aromatic amines is 1. The van der Waals surface area contributed by atoms with Crippen LogP contribution in [0.2, 0.25) is 0 Å². The van der Waals surface area contributed by atoms with Crippen molar-refractivity contribution in [3.63, 3.8) is 0 Å². The fourth-order valence-electron chi connectivity index (χ4n) is 3.18. The van der Waals surface area contributed by atoms with E-state index in [1.165, 1.54) is 6.07 Å². The first-order valence-electron chi connectivity index (χ1n) is 8.29. The first kappa shape index (κ1) is 17.7. The molecule has 0 spiro atoms. The van der Waals surface area contributed by atoms with Gasteiger partial charge in [0.25, 0.3) is 5.91 Å². The van der Waals surface area contributed by atoms with Crippen LogP contribution in [0.1, 0.15) is 55.2 Å². The highest BCUT2D eigenvalue weighted by Gasteiger charge is 2.29. The number of nitrogens with one attached hydrogen (secondary N) is 1. The fourth-order valence-corrected chi connectivity index (χ4v) is 3.18. The molecule has 2 aromatic heterocycles. The maximum absolute atomic E-state index is 13.0. The Morgan fingerprint density at radius 1 is 1.31 bits per heavy atom. The van der Waals surface area contributed by atoms with Gasteiger partial charge in [0.15, 0.2) is 5.69 Å². The molecule has 0 unspecified atom stereocenters. The van der Waals surface area contributed by atoms with Crippen LogP contribution in [0, 0.1) is 13.8 Å². The Balaban J connectivity index is 1.86. The van der Waals surface area contributed by atoms with Gasteiger partial charge in [0.05, 0.1) is 31.0 Å². The summed E-state index contributed by atoms with van der Waals surface area (Å²) in [6.07, 6.45) is 0. The van der Waals surface area contributed by atoms with Crippen molar-refractivity contribution >= 4 is 17.8 Å². The number of hydrogen-bond acceptors (Lipinski definition) is 5. The van der Waals surface area contributed by atoms with Crippen LogP contribution in [0.3, 0.4) is 0 Å². The number of hydrogen-bond donors (Lipinski definition) is 2. The predicted octanol–water partition coefficient (Wildman–Crippen LogP) is 1.36. The molecule has 0 radical (unpaired) electrons. The van der Waals surface area contributed by atoms with Crippen molar-refractivity contribution in [3.05, 3.63) is 40.0 Å². The predicted molar refractivity (Wildman–Crippen MR) is 90.2 cm³/mol. The highest BCUT2D eigenvalue weighted by atomic mass is 16.5. The summed E-state index contributed by atoms with van der Waals surface area (Å²) in [6.45, 7) is 6.50. The second-order valence-corrected chi connectivity index (χ2v) is 6.12. The summed E-state index contributed by atoms with van der Waals surface area (Å²) < 4.78 is 6.62. The second-order valence-electron chi connectivity index (χ2n) is 6.12. The van der Waals surface area contributed by atoms with Crippen LogP contribution in [-0.4, -0.2) is 55.8 Å². The highest BCUT2D eigenvalue weighted by Crippen LogP contribution is 2.23. The van der Waals surface area contributed by atoms with Crippen LogP contribution in [0.5, 0.6) is 0 Å². The SMILES string of the molecule is CCOC(=O)c1[nH]c(C)c(C(=O)N2CCn3nc(C(=O)O)cc3C2)c1C. The molecule has 0 bridgehead atoms. The third kappa shape index (κ3) is 2.96. The first-order chi connectivity index (χ1) is 12.3. The smallest absolute Gasteiger partial charge is 0.356 e. The van der Waals surface area contributed by atoms with Gasteiger partial charge in [0, 0.05) is 12.2 Å². The molecular formula is C17H20N4O5. The summed E-state index contributed by atoms with van der Waals surface area (Å²) in [4.78, 5) is 40.6. The number of carbonyl (C=O) groups excluding carboxylic acids is 2. The van der Waals surface area contributed by atoms with E-state index in [-0.39, 0.29) is 30.4 Å². The Morgan fingerprint density at radius 3 is 2.69 bits per heavy atom. The zero-order valence-corrected chi connectivity index (χ0v) is 14.8. The molecule has 0 aromatic carbocycles. The number of carboxylic acid groups (broad SMARTS) is 1. The van der Waals surface area contributed by atoms with Crippen LogP contribution < -0.4 is 0 Å². The zero-order valence-electron chi connectivity index (χ0n) is 14.8. The number of aromatic carboxylic acids is 1. The standard InChI is InChI=1S/C17H20N4O5/c1-4-26-17(25)14-9(2)13(10(3)18-14)15(22)20-5-6-21-11(8-20)7-12(19-21)16(23)24/h7,18H,4-6,8H2,1-3H3,(H,23,24). The van der Waals surface area contributed by atoms with E-state index in [0.29, 0.717) is 35.6 Å². The van der Waals surface area contributed by atoms with E-state index in [1.807, 2.05) is 0 Å². The van der Waals surface area contributed by atoms with Crippen molar-refractivity contribution in [2.45, 2.75) is 33.9 Å². The number of aryl methyl sites for hydroxylation is 1. The number of ether oxygens (including phenoxy) is 1. The third-order valence-electron chi connectivity index (χ3n) is 4.44. The van der Waals surface area contributed by atoms with Crippen LogP contribution in [-0.2, 0) is 17.8 Å². The number of carboxylic acids is 1. The molecule has 0 aliphatic carbocycles. The van der Waals surface area contributed by atoms with E-state index >= 15 is 0 Å². The number of nitrogens with zero attached hydrogens (tertiary/aromatic N) is 3. The van der Waals surface area contributed by atoms with Gasteiger partial charge < -0.3 is 19.7 Å². The summed E-state index contributed by atoms with van der Waals surface area (Å²) in [7, 11) is 0. The van der Waals surface area contributed by atoms with Crippen LogP contribution in [0.4, 0.5) is 0 Å². The lowest BCUT2D eigenvalue weighted by Gasteiger charge is -2.28. The van der Waals surface area contributed by atoms with E-state index in [9.17, 15) is 14.4 Å². The van der Waals surface area contributed by atoms with Gasteiger partial charge in [-0.25, -0.2) is 9.59 Å². The van der Waals surface area contributed by atoms with Crippen LogP contribution in [0.25, 0.3) is 0 Å². The van der Waals surface area contributed by atoms with Gasteiger partial charge in [-0.1, -0.05) is 0 Å². The molecule has 1 aliphatic heterocycles. The molecule has 2 N–H and O–H groups in total. The van der Waals surface area contributed by atoms with Gasteiger partial charge in [-0.15, -0.1) is 0 Å². The summed E-state index contributed by atoms with van der Waals surface area (Å²) >= 11 is 0. The topological polar surface area (TPSA) is 118 Å². The zero-order chi connectivity index (χ0) is 19.0. The number of esters is 1. The normalized spacial score (nSPS) is 13.4. The first-order valence-corrected chi connectivity index (χ1v) is 8.29. The van der Waals surface area contributed by atoms with Crippen LogP contribution in [0.15, 0.2) is 6.07 Å².